The van der Waals surface area contributed by atoms with Crippen LogP contribution in [0.1, 0.15) is 58.1 Å². The van der Waals surface area contributed by atoms with Crippen molar-refractivity contribution in [2.75, 3.05) is 0 Å². The molecule has 1 fully saturated rings. The number of benzene rings is 3. The first-order chi connectivity index (χ1) is 12.3. The SMILES string of the molecule is CC1(C)CC(C)(C)CC2(C1)c1ccccc1-c1c2ccc2ccccc12. The zero-order valence-corrected chi connectivity index (χ0v) is 16.4. The summed E-state index contributed by atoms with van der Waals surface area (Å²) in [5.74, 6) is 0. The number of rotatable bonds is 0. The van der Waals surface area contributed by atoms with Crippen molar-refractivity contribution < 1.29 is 0 Å². The molecule has 0 nitrogen and oxygen atoms in total. The first kappa shape index (κ1) is 16.1. The minimum absolute atomic E-state index is 0.154. The molecular weight excluding hydrogens is 312 g/mol. The summed E-state index contributed by atoms with van der Waals surface area (Å²) in [6.45, 7) is 9.88. The maximum absolute atomic E-state index is 2.47. The van der Waals surface area contributed by atoms with Gasteiger partial charge in [0, 0.05) is 5.41 Å². The second-order valence-corrected chi connectivity index (χ2v) is 10.2. The highest BCUT2D eigenvalue weighted by Gasteiger charge is 2.53. The summed E-state index contributed by atoms with van der Waals surface area (Å²) in [4.78, 5) is 0. The van der Waals surface area contributed by atoms with Gasteiger partial charge in [0.25, 0.3) is 0 Å². The van der Waals surface area contributed by atoms with E-state index in [1.807, 2.05) is 0 Å². The molecule has 0 heteroatoms. The number of hydrogen-bond donors (Lipinski definition) is 0. The van der Waals surface area contributed by atoms with Gasteiger partial charge < -0.3 is 0 Å². The molecule has 0 bridgehead atoms. The minimum Gasteiger partial charge on any atom is -0.0619 e. The van der Waals surface area contributed by atoms with E-state index in [4.69, 9.17) is 0 Å². The molecule has 0 aromatic heterocycles. The van der Waals surface area contributed by atoms with Crippen molar-refractivity contribution in [2.24, 2.45) is 10.8 Å². The predicted octanol–water partition coefficient (Wildman–Crippen LogP) is 7.34. The minimum atomic E-state index is 0.154. The zero-order chi connectivity index (χ0) is 18.2. The van der Waals surface area contributed by atoms with Crippen LogP contribution in [0.15, 0.2) is 60.7 Å². The molecule has 0 aliphatic heterocycles. The van der Waals surface area contributed by atoms with E-state index < -0.39 is 0 Å². The number of hydrogen-bond acceptors (Lipinski definition) is 0. The van der Waals surface area contributed by atoms with Crippen LogP contribution in [0, 0.1) is 10.8 Å². The summed E-state index contributed by atoms with van der Waals surface area (Å²) in [5, 5.41) is 2.77. The van der Waals surface area contributed by atoms with Gasteiger partial charge in [-0.1, -0.05) is 88.4 Å². The van der Waals surface area contributed by atoms with E-state index in [1.165, 1.54) is 41.2 Å². The molecule has 0 saturated heterocycles. The van der Waals surface area contributed by atoms with Crippen molar-refractivity contribution in [1.82, 2.24) is 0 Å². The van der Waals surface area contributed by atoms with Crippen molar-refractivity contribution >= 4 is 10.8 Å². The third-order valence-electron chi connectivity index (χ3n) is 6.67. The Morgan fingerprint density at radius 3 is 2.04 bits per heavy atom. The van der Waals surface area contributed by atoms with Crippen LogP contribution in [0.3, 0.4) is 0 Å². The van der Waals surface area contributed by atoms with E-state index in [0.717, 1.165) is 0 Å². The van der Waals surface area contributed by atoms with Crippen LogP contribution in [-0.2, 0) is 5.41 Å². The molecule has 0 heterocycles. The molecule has 5 rings (SSSR count). The molecule has 26 heavy (non-hydrogen) atoms. The van der Waals surface area contributed by atoms with Gasteiger partial charge in [-0.3, -0.25) is 0 Å². The maximum Gasteiger partial charge on any atom is 0.0225 e. The Morgan fingerprint density at radius 2 is 1.27 bits per heavy atom. The second kappa shape index (κ2) is 5.00. The molecule has 0 N–H and O–H groups in total. The fourth-order valence-electron chi connectivity index (χ4n) is 6.72. The summed E-state index contributed by atoms with van der Waals surface area (Å²) >= 11 is 0. The first-order valence-electron chi connectivity index (χ1n) is 9.94. The molecular formula is C26H28. The topological polar surface area (TPSA) is 0 Å². The summed E-state index contributed by atoms with van der Waals surface area (Å²) in [5.41, 5.74) is 6.94. The quantitative estimate of drug-likeness (QED) is 0.401. The molecule has 1 saturated carbocycles. The molecule has 3 aromatic carbocycles. The first-order valence-corrected chi connectivity index (χ1v) is 9.94. The lowest BCUT2D eigenvalue weighted by molar-refractivity contribution is 0.0646. The van der Waals surface area contributed by atoms with Gasteiger partial charge >= 0.3 is 0 Å². The van der Waals surface area contributed by atoms with Gasteiger partial charge in [-0.2, -0.15) is 0 Å². The van der Waals surface area contributed by atoms with E-state index in [-0.39, 0.29) is 5.41 Å². The van der Waals surface area contributed by atoms with Gasteiger partial charge in [-0.05, 0) is 63.1 Å². The molecule has 0 unspecified atom stereocenters. The Bertz CT molecular complexity index is 1000. The highest BCUT2D eigenvalue weighted by Crippen LogP contribution is 2.63. The Balaban J connectivity index is 1.88. The van der Waals surface area contributed by atoms with Crippen LogP contribution in [-0.4, -0.2) is 0 Å². The zero-order valence-electron chi connectivity index (χ0n) is 16.4. The van der Waals surface area contributed by atoms with E-state index in [0.29, 0.717) is 10.8 Å². The summed E-state index contributed by atoms with van der Waals surface area (Å²) < 4.78 is 0. The molecule has 0 amide bonds. The fraction of sp³-hybridized carbons (Fsp3) is 0.385. The predicted molar refractivity (Wildman–Crippen MR) is 112 cm³/mol. The average molecular weight is 341 g/mol. The molecule has 1 spiro atoms. The van der Waals surface area contributed by atoms with Crippen molar-refractivity contribution in [3.8, 4) is 11.1 Å². The fourth-order valence-corrected chi connectivity index (χ4v) is 6.72. The van der Waals surface area contributed by atoms with Gasteiger partial charge in [0.05, 0.1) is 0 Å². The molecule has 0 atom stereocenters. The molecule has 2 aliphatic carbocycles. The Morgan fingerprint density at radius 1 is 0.615 bits per heavy atom. The second-order valence-electron chi connectivity index (χ2n) is 10.2. The van der Waals surface area contributed by atoms with Crippen LogP contribution < -0.4 is 0 Å². The molecule has 0 radical (unpaired) electrons. The van der Waals surface area contributed by atoms with Crippen molar-refractivity contribution in [2.45, 2.75) is 52.4 Å². The van der Waals surface area contributed by atoms with E-state index in [2.05, 4.69) is 88.4 Å². The van der Waals surface area contributed by atoms with Gasteiger partial charge in [0.1, 0.15) is 0 Å². The van der Waals surface area contributed by atoms with Gasteiger partial charge in [-0.25, -0.2) is 0 Å². The molecule has 3 aromatic rings. The van der Waals surface area contributed by atoms with Crippen molar-refractivity contribution in [3.05, 3.63) is 71.8 Å². The summed E-state index contributed by atoms with van der Waals surface area (Å²) in [6.07, 6.45) is 3.78. The lowest BCUT2D eigenvalue weighted by atomic mass is 9.52. The highest BCUT2D eigenvalue weighted by molar-refractivity contribution is 6.02. The third-order valence-corrected chi connectivity index (χ3v) is 6.67. The Labute approximate surface area is 157 Å². The average Bonchev–Trinajstić information content (AvgIpc) is 2.82. The van der Waals surface area contributed by atoms with E-state index in [9.17, 15) is 0 Å². The van der Waals surface area contributed by atoms with Crippen molar-refractivity contribution in [1.29, 1.82) is 0 Å². The largest absolute Gasteiger partial charge is 0.0619 e. The van der Waals surface area contributed by atoms with Crippen LogP contribution in [0.25, 0.3) is 21.9 Å². The Hall–Kier alpha value is -2.08. The molecule has 2 aliphatic rings. The summed E-state index contributed by atoms with van der Waals surface area (Å²) in [6, 6.07) is 22.9. The lowest BCUT2D eigenvalue weighted by Gasteiger charge is -2.51. The Kier molecular flexibility index (Phi) is 3.10. The van der Waals surface area contributed by atoms with Crippen LogP contribution >= 0.6 is 0 Å². The number of fused-ring (bicyclic) bond motifs is 7. The van der Waals surface area contributed by atoms with Gasteiger partial charge in [0.15, 0.2) is 0 Å². The standard InChI is InChI=1S/C26H28/c1-24(2)15-25(3,4)17-26(16-24)21-12-8-7-11-20(21)23-19-10-6-5-9-18(19)13-14-22(23)26/h5-14H,15-17H2,1-4H3. The summed E-state index contributed by atoms with van der Waals surface area (Å²) in [7, 11) is 0. The normalized spacial score (nSPS) is 21.5. The van der Waals surface area contributed by atoms with Gasteiger partial charge in [0.2, 0.25) is 0 Å². The van der Waals surface area contributed by atoms with Gasteiger partial charge in [-0.15, -0.1) is 0 Å². The van der Waals surface area contributed by atoms with Crippen LogP contribution in [0.4, 0.5) is 0 Å². The third kappa shape index (κ3) is 2.14. The smallest absolute Gasteiger partial charge is 0.0225 e. The van der Waals surface area contributed by atoms with E-state index >= 15 is 0 Å². The van der Waals surface area contributed by atoms with Crippen LogP contribution in [0.5, 0.6) is 0 Å². The monoisotopic (exact) mass is 340 g/mol. The highest BCUT2D eigenvalue weighted by atomic mass is 14.6. The maximum atomic E-state index is 2.47. The lowest BCUT2D eigenvalue weighted by Crippen LogP contribution is -2.43. The van der Waals surface area contributed by atoms with E-state index in [1.54, 1.807) is 11.1 Å². The molecule has 132 valence electrons. The van der Waals surface area contributed by atoms with Crippen LogP contribution in [0.2, 0.25) is 0 Å². The van der Waals surface area contributed by atoms with Crippen molar-refractivity contribution in [3.63, 3.8) is 0 Å².